The number of hydrogen-bond donors (Lipinski definition) is 1. The second-order valence-electron chi connectivity index (χ2n) is 7.27. The number of dihydropyridines is 1. The Morgan fingerprint density at radius 3 is 2.06 bits per heavy atom. The minimum Gasteiger partial charge on any atom is -0.466 e. The molecule has 0 radical (unpaired) electrons. The van der Waals surface area contributed by atoms with Crippen LogP contribution >= 0.6 is 0 Å². The third-order valence-electron chi connectivity index (χ3n) is 5.52. The fraction of sp³-hybridized carbons (Fsp3) is 0.208. The average molecular weight is 419 g/mol. The molecule has 158 valence electrons. The normalized spacial score (nSPS) is 14.7. The number of benzene rings is 2. The molecule has 3 aromatic rings. The highest BCUT2D eigenvalue weighted by Gasteiger charge is 2.39. The maximum Gasteiger partial charge on any atom is 0.336 e. The number of rotatable bonds is 3. The van der Waals surface area contributed by atoms with E-state index in [0.717, 1.165) is 0 Å². The third-order valence-corrected chi connectivity index (χ3v) is 5.52. The van der Waals surface area contributed by atoms with Crippen LogP contribution in [0.15, 0.2) is 74.2 Å². The predicted molar refractivity (Wildman–Crippen MR) is 115 cm³/mol. The molecule has 2 aromatic carbocycles. The molecule has 1 aliphatic heterocycles. The van der Waals surface area contributed by atoms with Gasteiger partial charge in [-0.15, -0.1) is 0 Å². The highest BCUT2D eigenvalue weighted by molar-refractivity contribution is 6.02. The molecule has 0 spiro atoms. The van der Waals surface area contributed by atoms with Crippen molar-refractivity contribution in [3.63, 3.8) is 0 Å². The van der Waals surface area contributed by atoms with Crippen molar-refractivity contribution in [1.29, 1.82) is 0 Å². The molecule has 4 rings (SSSR count). The van der Waals surface area contributed by atoms with Gasteiger partial charge in [0.1, 0.15) is 11.2 Å². The molecular weight excluding hydrogens is 398 g/mol. The monoisotopic (exact) mass is 419 g/mol. The Balaban J connectivity index is 2.11. The van der Waals surface area contributed by atoms with E-state index in [1.807, 2.05) is 0 Å². The van der Waals surface area contributed by atoms with Gasteiger partial charge in [0.25, 0.3) is 0 Å². The third kappa shape index (κ3) is 3.18. The van der Waals surface area contributed by atoms with E-state index in [4.69, 9.17) is 13.9 Å². The van der Waals surface area contributed by atoms with E-state index in [9.17, 15) is 14.4 Å². The van der Waals surface area contributed by atoms with Gasteiger partial charge >= 0.3 is 11.9 Å². The van der Waals surface area contributed by atoms with E-state index >= 15 is 0 Å². The van der Waals surface area contributed by atoms with Crippen LogP contribution in [0.4, 0.5) is 0 Å². The summed E-state index contributed by atoms with van der Waals surface area (Å²) < 4.78 is 16.2. The Morgan fingerprint density at radius 2 is 1.45 bits per heavy atom. The number of methoxy groups -OCH3 is 2. The summed E-state index contributed by atoms with van der Waals surface area (Å²) >= 11 is 0. The van der Waals surface area contributed by atoms with Gasteiger partial charge in [0.05, 0.1) is 42.1 Å². The number of allylic oxidation sites excluding steroid dienone is 2. The summed E-state index contributed by atoms with van der Waals surface area (Å²) in [6.45, 7) is 3.46. The van der Waals surface area contributed by atoms with Gasteiger partial charge in [0, 0.05) is 17.0 Å². The molecule has 31 heavy (non-hydrogen) atoms. The summed E-state index contributed by atoms with van der Waals surface area (Å²) in [5.41, 5.74) is 2.62. The molecule has 7 heteroatoms. The number of fused-ring (bicyclic) bond motifs is 2. The molecule has 1 aromatic heterocycles. The predicted octanol–water partition coefficient (Wildman–Crippen LogP) is 3.53. The van der Waals surface area contributed by atoms with E-state index in [0.29, 0.717) is 38.9 Å². The first-order valence-corrected chi connectivity index (χ1v) is 9.68. The first-order valence-electron chi connectivity index (χ1n) is 9.68. The molecule has 0 unspecified atom stereocenters. The quantitative estimate of drug-likeness (QED) is 0.513. The summed E-state index contributed by atoms with van der Waals surface area (Å²) in [4.78, 5) is 38.6. The topological polar surface area (TPSA) is 94.8 Å². The zero-order chi connectivity index (χ0) is 22.3. The summed E-state index contributed by atoms with van der Waals surface area (Å²) in [5.74, 6) is -2.03. The van der Waals surface area contributed by atoms with Crippen LogP contribution in [0, 0.1) is 0 Å². The molecule has 1 N–H and O–H groups in total. The number of hydrogen-bond acceptors (Lipinski definition) is 7. The van der Waals surface area contributed by atoms with Crippen molar-refractivity contribution in [2.75, 3.05) is 14.2 Å². The Hall–Kier alpha value is -3.87. The maximum atomic E-state index is 13.1. The van der Waals surface area contributed by atoms with E-state index in [1.54, 1.807) is 56.3 Å². The average Bonchev–Trinajstić information content (AvgIpc) is 2.77. The minimum absolute atomic E-state index is 0.187. The van der Waals surface area contributed by atoms with Crippen LogP contribution in [0.1, 0.15) is 25.3 Å². The second kappa shape index (κ2) is 7.75. The van der Waals surface area contributed by atoms with Crippen LogP contribution in [-0.4, -0.2) is 26.2 Å². The summed E-state index contributed by atoms with van der Waals surface area (Å²) in [5, 5.41) is 3.88. The van der Waals surface area contributed by atoms with Crippen LogP contribution in [0.3, 0.4) is 0 Å². The largest absolute Gasteiger partial charge is 0.466 e. The lowest BCUT2D eigenvalue weighted by Gasteiger charge is -2.30. The highest BCUT2D eigenvalue weighted by atomic mass is 16.5. The number of nitrogens with one attached hydrogen (secondary N) is 1. The van der Waals surface area contributed by atoms with Crippen LogP contribution < -0.4 is 10.7 Å². The lowest BCUT2D eigenvalue weighted by Crippen LogP contribution is -2.32. The van der Waals surface area contributed by atoms with Crippen molar-refractivity contribution in [1.82, 2.24) is 5.32 Å². The van der Waals surface area contributed by atoms with Crippen molar-refractivity contribution in [2.24, 2.45) is 0 Å². The Labute approximate surface area is 177 Å². The minimum atomic E-state index is -0.839. The molecule has 0 saturated heterocycles. The van der Waals surface area contributed by atoms with Crippen molar-refractivity contribution in [3.8, 4) is 0 Å². The smallest absolute Gasteiger partial charge is 0.336 e. The van der Waals surface area contributed by atoms with Gasteiger partial charge in [0.15, 0.2) is 0 Å². The molecule has 0 fully saturated rings. The number of carbonyl (C=O) groups excluding carboxylic acids is 2. The maximum absolute atomic E-state index is 13.1. The number of para-hydroxylation sites is 2. The van der Waals surface area contributed by atoms with Gasteiger partial charge < -0.3 is 19.2 Å². The molecule has 7 nitrogen and oxygen atoms in total. The van der Waals surface area contributed by atoms with Crippen molar-refractivity contribution < 1.29 is 23.5 Å². The second-order valence-corrected chi connectivity index (χ2v) is 7.27. The first kappa shape index (κ1) is 20.4. The molecule has 0 bridgehead atoms. The molecule has 1 aliphatic rings. The molecule has 0 amide bonds. The van der Waals surface area contributed by atoms with Crippen LogP contribution in [0.2, 0.25) is 0 Å². The van der Waals surface area contributed by atoms with Crippen molar-refractivity contribution >= 4 is 33.9 Å². The van der Waals surface area contributed by atoms with Crippen LogP contribution in [-0.2, 0) is 19.1 Å². The molecule has 0 aliphatic carbocycles. The van der Waals surface area contributed by atoms with Crippen LogP contribution in [0.25, 0.3) is 21.9 Å². The SMILES string of the molecule is COC(=O)C1=C(C)NC(C)=C(C(=O)OC)C1c1cccc2c(=O)c3ccccc3oc12. The summed E-state index contributed by atoms with van der Waals surface area (Å²) in [7, 11) is 2.55. The van der Waals surface area contributed by atoms with Gasteiger partial charge in [-0.2, -0.15) is 0 Å². The lowest BCUT2D eigenvalue weighted by molar-refractivity contribution is -0.137. The zero-order valence-electron chi connectivity index (χ0n) is 17.6. The molecule has 0 atom stereocenters. The van der Waals surface area contributed by atoms with Gasteiger partial charge in [-0.25, -0.2) is 9.59 Å². The van der Waals surface area contributed by atoms with Gasteiger partial charge in [0.2, 0.25) is 5.43 Å². The van der Waals surface area contributed by atoms with E-state index in [-0.39, 0.29) is 16.6 Å². The van der Waals surface area contributed by atoms with Crippen molar-refractivity contribution in [3.05, 3.63) is 80.8 Å². The number of ether oxygens (including phenoxy) is 2. The zero-order valence-corrected chi connectivity index (χ0v) is 17.6. The highest BCUT2D eigenvalue weighted by Crippen LogP contribution is 2.41. The van der Waals surface area contributed by atoms with Gasteiger partial charge in [-0.1, -0.05) is 24.3 Å². The number of esters is 2. The Morgan fingerprint density at radius 1 is 0.871 bits per heavy atom. The standard InChI is InChI=1S/C24H21NO6/c1-12-18(23(27)29-3)20(19(13(2)25-12)24(28)30-4)15-9-7-10-16-21(26)14-8-5-6-11-17(14)31-22(15)16/h5-11,20,25H,1-4H3. The summed E-state index contributed by atoms with van der Waals surface area (Å²) in [6.07, 6.45) is 0. The molecule has 0 saturated carbocycles. The van der Waals surface area contributed by atoms with Gasteiger partial charge in [-0.3, -0.25) is 4.79 Å². The number of carbonyl (C=O) groups is 2. The Kier molecular flexibility index (Phi) is 5.10. The van der Waals surface area contributed by atoms with E-state index in [2.05, 4.69) is 5.32 Å². The molecular formula is C24H21NO6. The summed E-state index contributed by atoms with van der Waals surface area (Å²) in [6, 6.07) is 12.1. The Bertz CT molecular complexity index is 1320. The first-order chi connectivity index (χ1) is 14.9. The lowest BCUT2D eigenvalue weighted by atomic mass is 9.79. The fourth-order valence-corrected chi connectivity index (χ4v) is 4.14. The van der Waals surface area contributed by atoms with Crippen molar-refractivity contribution in [2.45, 2.75) is 19.8 Å². The van der Waals surface area contributed by atoms with Gasteiger partial charge in [-0.05, 0) is 32.0 Å². The molecule has 2 heterocycles. The van der Waals surface area contributed by atoms with Crippen LogP contribution in [0.5, 0.6) is 0 Å². The van der Waals surface area contributed by atoms with E-state index < -0.39 is 17.9 Å². The fourth-order valence-electron chi connectivity index (χ4n) is 4.14. The van der Waals surface area contributed by atoms with E-state index in [1.165, 1.54) is 14.2 Å².